The molecule has 0 N–H and O–H groups in total. The summed E-state index contributed by atoms with van der Waals surface area (Å²) in [5.41, 5.74) is 0.178. The van der Waals surface area contributed by atoms with Gasteiger partial charge in [0.15, 0.2) is 8.32 Å². The monoisotopic (exact) mass is 547 g/mol. The smallest absolute Gasteiger partial charge is 0.411 e. The highest BCUT2D eigenvalue weighted by molar-refractivity contribution is 6.74. The van der Waals surface area contributed by atoms with Gasteiger partial charge in [0.25, 0.3) is 0 Å². The van der Waals surface area contributed by atoms with Gasteiger partial charge in [-0.25, -0.2) is 9.59 Å². The Kier molecular flexibility index (Phi) is 11.2. The van der Waals surface area contributed by atoms with Crippen LogP contribution >= 0.6 is 0 Å². The van der Waals surface area contributed by atoms with Gasteiger partial charge in [0, 0.05) is 19.1 Å². The number of esters is 1. The van der Waals surface area contributed by atoms with E-state index in [0.29, 0.717) is 38.2 Å². The van der Waals surface area contributed by atoms with E-state index in [4.69, 9.17) is 13.9 Å². The van der Waals surface area contributed by atoms with E-state index in [1.807, 2.05) is 51.1 Å². The fourth-order valence-corrected chi connectivity index (χ4v) is 7.31. The van der Waals surface area contributed by atoms with Gasteiger partial charge in [-0.3, -0.25) is 4.90 Å². The molecular weight excluding hydrogens is 498 g/mol. The van der Waals surface area contributed by atoms with E-state index in [9.17, 15) is 14.4 Å². The molecular formula is C30H49NO6Si. The molecule has 0 radical (unpaired) electrons. The summed E-state index contributed by atoms with van der Waals surface area (Å²) in [6.07, 6.45) is 2.22. The molecule has 1 aliphatic rings. The van der Waals surface area contributed by atoms with Gasteiger partial charge in [-0.05, 0) is 75.6 Å². The third-order valence-electron chi connectivity index (χ3n) is 8.38. The number of hydrogen-bond donors (Lipinski definition) is 0. The second-order valence-electron chi connectivity index (χ2n) is 12.8. The van der Waals surface area contributed by atoms with Crippen LogP contribution in [0.3, 0.4) is 0 Å². The minimum atomic E-state index is -2.03. The van der Waals surface area contributed by atoms with Gasteiger partial charge in [-0.15, -0.1) is 0 Å². The molecule has 0 aliphatic carbocycles. The van der Waals surface area contributed by atoms with Gasteiger partial charge < -0.3 is 18.7 Å². The predicted molar refractivity (Wildman–Crippen MR) is 152 cm³/mol. The number of rotatable bonds is 12. The topological polar surface area (TPSA) is 82.1 Å². The molecule has 1 aliphatic heterocycles. The van der Waals surface area contributed by atoms with Crippen LogP contribution in [-0.2, 0) is 30.1 Å². The number of nitrogens with zero attached hydrogens (tertiary/aromatic N) is 1. The molecule has 1 amide bonds. The fourth-order valence-electron chi connectivity index (χ4n) is 4.92. The molecule has 8 heteroatoms. The van der Waals surface area contributed by atoms with E-state index < -0.39 is 32.0 Å². The van der Waals surface area contributed by atoms with Crippen LogP contribution in [0.5, 0.6) is 0 Å². The maximum absolute atomic E-state index is 13.4. The zero-order valence-corrected chi connectivity index (χ0v) is 25.9. The molecule has 1 fully saturated rings. The molecule has 3 atom stereocenters. The molecule has 7 nitrogen and oxygen atoms in total. The SMILES string of the molecule is CC(C)C(C)(C)[Si](C)(C)OCC[C@H]1C[C@@H](C(=O)OC(C)(C)C)N(C(=O)OCc2ccccc2)[C@@H]1CCC=O. The van der Waals surface area contributed by atoms with Crippen LogP contribution in [0.4, 0.5) is 4.79 Å². The van der Waals surface area contributed by atoms with Crippen molar-refractivity contribution in [2.75, 3.05) is 6.61 Å². The number of carbonyl (C=O) groups excluding carboxylic acids is 3. The summed E-state index contributed by atoms with van der Waals surface area (Å²) >= 11 is 0. The molecule has 0 unspecified atom stereocenters. The Hall–Kier alpha value is -2.19. The highest BCUT2D eigenvalue weighted by Crippen LogP contribution is 2.45. The summed E-state index contributed by atoms with van der Waals surface area (Å²) in [7, 11) is -2.03. The van der Waals surface area contributed by atoms with Gasteiger partial charge in [0.1, 0.15) is 24.5 Å². The number of likely N-dealkylation sites (tertiary alicyclic amines) is 1. The van der Waals surface area contributed by atoms with Crippen LogP contribution in [0.2, 0.25) is 18.1 Å². The van der Waals surface area contributed by atoms with Crippen molar-refractivity contribution in [1.29, 1.82) is 0 Å². The molecule has 1 saturated heterocycles. The Morgan fingerprint density at radius 1 is 1.08 bits per heavy atom. The molecule has 0 bridgehead atoms. The van der Waals surface area contributed by atoms with Gasteiger partial charge >= 0.3 is 12.1 Å². The summed E-state index contributed by atoms with van der Waals surface area (Å²) < 4.78 is 18.0. The highest BCUT2D eigenvalue weighted by Gasteiger charge is 2.49. The Balaban J connectivity index is 2.26. The van der Waals surface area contributed by atoms with Gasteiger partial charge in [0.05, 0.1) is 0 Å². The first-order valence-electron chi connectivity index (χ1n) is 13.9. The summed E-state index contributed by atoms with van der Waals surface area (Å²) in [6.45, 7) is 19.6. The lowest BCUT2D eigenvalue weighted by atomic mass is 9.93. The number of hydrogen-bond acceptors (Lipinski definition) is 6. The van der Waals surface area contributed by atoms with Crippen LogP contribution in [0.1, 0.15) is 79.7 Å². The molecule has 1 aromatic carbocycles. The summed E-state index contributed by atoms with van der Waals surface area (Å²) in [6, 6.07) is 8.37. The average Bonchev–Trinajstić information content (AvgIpc) is 3.19. The van der Waals surface area contributed by atoms with Crippen molar-refractivity contribution in [3.63, 3.8) is 0 Å². The Morgan fingerprint density at radius 3 is 2.26 bits per heavy atom. The summed E-state index contributed by atoms with van der Waals surface area (Å²) in [5, 5.41) is 0.0892. The summed E-state index contributed by atoms with van der Waals surface area (Å²) in [4.78, 5) is 39.6. The molecule has 0 saturated carbocycles. The third-order valence-corrected chi connectivity index (χ3v) is 13.0. The largest absolute Gasteiger partial charge is 0.458 e. The van der Waals surface area contributed by atoms with Gasteiger partial charge in [0.2, 0.25) is 0 Å². The second kappa shape index (κ2) is 13.2. The minimum Gasteiger partial charge on any atom is -0.458 e. The lowest BCUT2D eigenvalue weighted by Crippen LogP contribution is -2.48. The van der Waals surface area contributed by atoms with Crippen molar-refractivity contribution in [3.8, 4) is 0 Å². The van der Waals surface area contributed by atoms with E-state index in [-0.39, 0.29) is 23.6 Å². The quantitative estimate of drug-likeness (QED) is 0.164. The molecule has 38 heavy (non-hydrogen) atoms. The van der Waals surface area contributed by atoms with Crippen molar-refractivity contribution < 1.29 is 28.3 Å². The molecule has 2 rings (SSSR count). The minimum absolute atomic E-state index is 0.0105. The Labute approximate surface area is 230 Å². The zero-order valence-electron chi connectivity index (χ0n) is 24.9. The highest BCUT2D eigenvalue weighted by atomic mass is 28.4. The van der Waals surface area contributed by atoms with E-state index in [1.165, 1.54) is 4.90 Å². The van der Waals surface area contributed by atoms with E-state index in [0.717, 1.165) is 11.8 Å². The lowest BCUT2D eigenvalue weighted by molar-refractivity contribution is -0.160. The average molecular weight is 548 g/mol. The maximum atomic E-state index is 13.4. The molecule has 1 aromatic rings. The fraction of sp³-hybridized carbons (Fsp3) is 0.700. The van der Waals surface area contributed by atoms with Crippen molar-refractivity contribution in [2.24, 2.45) is 11.8 Å². The van der Waals surface area contributed by atoms with Crippen LogP contribution in [0.15, 0.2) is 30.3 Å². The molecule has 0 aromatic heterocycles. The van der Waals surface area contributed by atoms with Crippen molar-refractivity contribution in [1.82, 2.24) is 4.90 Å². The maximum Gasteiger partial charge on any atom is 0.411 e. The van der Waals surface area contributed by atoms with Crippen LogP contribution in [0.25, 0.3) is 0 Å². The number of benzene rings is 1. The normalized spacial score (nSPS) is 20.5. The standard InChI is InChI=1S/C30H49NO6Si/c1-22(2)30(6,7)38(8,9)36-19-17-24-20-26(27(33)37-29(3,4)5)31(25(24)16-13-18-32)28(34)35-21-23-14-11-10-12-15-23/h10-12,14-15,18,22,24-26H,13,16-17,19-21H2,1-9H3/t24-,25+,26-/m0/s1. The number of carbonyl (C=O) groups is 3. The van der Waals surface area contributed by atoms with Crippen molar-refractivity contribution in [2.45, 2.75) is 117 Å². The van der Waals surface area contributed by atoms with Crippen LogP contribution in [-0.4, -0.2) is 55.9 Å². The molecule has 1 heterocycles. The number of amides is 1. The van der Waals surface area contributed by atoms with Crippen molar-refractivity contribution >= 4 is 26.7 Å². The lowest BCUT2D eigenvalue weighted by Gasteiger charge is -2.42. The Bertz CT molecular complexity index is 924. The van der Waals surface area contributed by atoms with Gasteiger partial charge in [-0.1, -0.05) is 58.0 Å². The van der Waals surface area contributed by atoms with E-state index in [2.05, 4.69) is 40.8 Å². The first-order chi connectivity index (χ1) is 17.6. The second-order valence-corrected chi connectivity index (χ2v) is 17.4. The first kappa shape index (κ1) is 32.0. The molecule has 214 valence electrons. The Morgan fingerprint density at radius 2 is 1.71 bits per heavy atom. The predicted octanol–water partition coefficient (Wildman–Crippen LogP) is 6.75. The van der Waals surface area contributed by atoms with Crippen molar-refractivity contribution in [3.05, 3.63) is 35.9 Å². The van der Waals surface area contributed by atoms with E-state index in [1.54, 1.807) is 0 Å². The number of ether oxygens (including phenoxy) is 2. The third kappa shape index (κ3) is 8.40. The molecule has 0 spiro atoms. The van der Waals surface area contributed by atoms with E-state index >= 15 is 0 Å². The van der Waals surface area contributed by atoms with Gasteiger partial charge in [-0.2, -0.15) is 0 Å². The first-order valence-corrected chi connectivity index (χ1v) is 16.8. The van der Waals surface area contributed by atoms with Crippen LogP contribution < -0.4 is 0 Å². The number of aldehydes is 1. The van der Waals surface area contributed by atoms with Crippen LogP contribution in [0, 0.1) is 11.8 Å². The summed E-state index contributed by atoms with van der Waals surface area (Å²) in [5.74, 6) is 0.0375. The zero-order chi connectivity index (χ0) is 28.7.